The average molecular weight is 396 g/mol. The number of likely N-dealkylation sites (tertiary alicyclic amines) is 1. The quantitative estimate of drug-likeness (QED) is 0.286. The molecule has 0 bridgehead atoms. The van der Waals surface area contributed by atoms with Crippen LogP contribution in [0, 0.1) is 0 Å². The topological polar surface area (TPSA) is 56.7 Å². The van der Waals surface area contributed by atoms with Gasteiger partial charge in [-0.15, -0.1) is 24.0 Å². The minimum Gasteiger partial charge on any atom is -0.357 e. The number of unbranched alkanes of at least 4 members (excludes halogenated alkanes) is 1. The number of aliphatic imine (C=N–C) groups is 1. The van der Waals surface area contributed by atoms with E-state index >= 15 is 0 Å². The van der Waals surface area contributed by atoms with Crippen LogP contribution in [0.4, 0.5) is 0 Å². The van der Waals surface area contributed by atoms with Gasteiger partial charge in [0.25, 0.3) is 0 Å². The van der Waals surface area contributed by atoms with Crippen molar-refractivity contribution in [3.05, 3.63) is 0 Å². The van der Waals surface area contributed by atoms with E-state index in [1.165, 1.54) is 6.42 Å². The molecule has 0 aromatic heterocycles. The monoisotopic (exact) mass is 396 g/mol. The van der Waals surface area contributed by atoms with Crippen molar-refractivity contribution >= 4 is 35.8 Å². The lowest BCUT2D eigenvalue weighted by Crippen LogP contribution is -2.38. The molecule has 0 atom stereocenters. The highest BCUT2D eigenvalue weighted by Crippen LogP contribution is 2.09. The van der Waals surface area contributed by atoms with Crippen molar-refractivity contribution in [3.8, 4) is 0 Å². The smallest absolute Gasteiger partial charge is 0.222 e. The fourth-order valence-electron chi connectivity index (χ4n) is 2.12. The molecule has 0 saturated carbocycles. The minimum atomic E-state index is 0. The molecule has 5 nitrogen and oxygen atoms in total. The van der Waals surface area contributed by atoms with Crippen LogP contribution in [0.15, 0.2) is 4.99 Å². The largest absolute Gasteiger partial charge is 0.357 e. The molecule has 1 saturated heterocycles. The van der Waals surface area contributed by atoms with Crippen LogP contribution in [0.3, 0.4) is 0 Å². The first kappa shape index (κ1) is 19.5. The third-order valence-corrected chi connectivity index (χ3v) is 3.19. The van der Waals surface area contributed by atoms with Gasteiger partial charge in [0.2, 0.25) is 5.91 Å². The highest BCUT2D eigenvalue weighted by molar-refractivity contribution is 14.0. The molecule has 0 aromatic carbocycles. The summed E-state index contributed by atoms with van der Waals surface area (Å²) in [4.78, 5) is 17.9. The van der Waals surface area contributed by atoms with Gasteiger partial charge in [-0.25, -0.2) is 0 Å². The first-order valence-corrected chi connectivity index (χ1v) is 7.57. The van der Waals surface area contributed by atoms with E-state index in [1.54, 1.807) is 0 Å². The van der Waals surface area contributed by atoms with Crippen molar-refractivity contribution in [2.24, 2.45) is 4.99 Å². The molecule has 1 aliphatic rings. The van der Waals surface area contributed by atoms with E-state index in [0.717, 1.165) is 64.4 Å². The number of rotatable bonds is 8. The Hall–Kier alpha value is -0.530. The van der Waals surface area contributed by atoms with Crippen LogP contribution in [-0.4, -0.2) is 49.5 Å². The summed E-state index contributed by atoms with van der Waals surface area (Å²) >= 11 is 0. The molecule has 1 heterocycles. The molecule has 1 rings (SSSR count). The van der Waals surface area contributed by atoms with E-state index in [2.05, 4.69) is 29.5 Å². The Morgan fingerprint density at radius 1 is 1.30 bits per heavy atom. The Morgan fingerprint density at radius 3 is 2.70 bits per heavy atom. The van der Waals surface area contributed by atoms with Crippen molar-refractivity contribution in [2.45, 2.75) is 46.0 Å². The van der Waals surface area contributed by atoms with E-state index in [9.17, 15) is 4.79 Å². The molecule has 2 N–H and O–H groups in total. The molecule has 0 unspecified atom stereocenters. The maximum Gasteiger partial charge on any atom is 0.222 e. The lowest BCUT2D eigenvalue weighted by atomic mass is 10.3. The first-order chi connectivity index (χ1) is 9.27. The predicted molar refractivity (Wildman–Crippen MR) is 94.7 cm³/mol. The SMILES string of the molecule is CCCCNC(=NCCCN1CCCC1=O)NCC.I. The number of hydrogen-bond donors (Lipinski definition) is 2. The highest BCUT2D eigenvalue weighted by Gasteiger charge is 2.18. The standard InChI is InChI=1S/C14H28N4O.HI/c1-3-5-9-16-14(15-4-2)17-10-7-12-18-11-6-8-13(18)19;/h3-12H2,1-2H3,(H2,15,16,17);1H. The van der Waals surface area contributed by atoms with Crippen LogP contribution in [0.25, 0.3) is 0 Å². The molecule has 1 aliphatic heterocycles. The fourth-order valence-corrected chi connectivity index (χ4v) is 2.12. The predicted octanol–water partition coefficient (Wildman–Crippen LogP) is 1.97. The molecule has 118 valence electrons. The number of nitrogens with zero attached hydrogens (tertiary/aromatic N) is 2. The number of hydrogen-bond acceptors (Lipinski definition) is 2. The summed E-state index contributed by atoms with van der Waals surface area (Å²) in [6.45, 7) is 8.63. The third kappa shape index (κ3) is 7.91. The van der Waals surface area contributed by atoms with Gasteiger partial charge in [0.05, 0.1) is 0 Å². The molecular formula is C14H29IN4O. The third-order valence-electron chi connectivity index (χ3n) is 3.19. The summed E-state index contributed by atoms with van der Waals surface area (Å²) < 4.78 is 0. The van der Waals surface area contributed by atoms with Gasteiger partial charge < -0.3 is 15.5 Å². The Labute approximate surface area is 140 Å². The molecule has 6 heteroatoms. The van der Waals surface area contributed by atoms with Crippen LogP contribution < -0.4 is 10.6 Å². The second kappa shape index (κ2) is 12.2. The zero-order valence-electron chi connectivity index (χ0n) is 12.8. The van der Waals surface area contributed by atoms with Crippen LogP contribution >= 0.6 is 24.0 Å². The Balaban J connectivity index is 0.00000361. The molecule has 20 heavy (non-hydrogen) atoms. The first-order valence-electron chi connectivity index (χ1n) is 7.57. The van der Waals surface area contributed by atoms with Gasteiger partial charge >= 0.3 is 0 Å². The van der Waals surface area contributed by atoms with Gasteiger partial charge in [-0.1, -0.05) is 13.3 Å². The van der Waals surface area contributed by atoms with Crippen molar-refractivity contribution in [3.63, 3.8) is 0 Å². The van der Waals surface area contributed by atoms with Crippen LogP contribution in [0.1, 0.15) is 46.0 Å². The Bertz CT molecular complexity index is 297. The summed E-state index contributed by atoms with van der Waals surface area (Å²) in [7, 11) is 0. The zero-order valence-corrected chi connectivity index (χ0v) is 15.1. The van der Waals surface area contributed by atoms with Gasteiger partial charge in [0.15, 0.2) is 5.96 Å². The van der Waals surface area contributed by atoms with Crippen LogP contribution in [-0.2, 0) is 4.79 Å². The number of carbonyl (C=O) groups excluding carboxylic acids is 1. The van der Waals surface area contributed by atoms with Crippen molar-refractivity contribution in [1.82, 2.24) is 15.5 Å². The molecule has 1 amide bonds. The number of halogens is 1. The van der Waals surface area contributed by atoms with Crippen molar-refractivity contribution in [1.29, 1.82) is 0 Å². The Kier molecular flexibility index (Phi) is 11.9. The minimum absolute atomic E-state index is 0. The molecular weight excluding hydrogens is 367 g/mol. The van der Waals surface area contributed by atoms with Crippen molar-refractivity contribution in [2.75, 3.05) is 32.7 Å². The fraction of sp³-hybridized carbons (Fsp3) is 0.857. The molecule has 1 fully saturated rings. The van der Waals surface area contributed by atoms with Gasteiger partial charge in [-0.05, 0) is 26.2 Å². The van der Waals surface area contributed by atoms with Gasteiger partial charge in [0.1, 0.15) is 0 Å². The zero-order chi connectivity index (χ0) is 13.9. The summed E-state index contributed by atoms with van der Waals surface area (Å²) in [6.07, 6.45) is 5.03. The van der Waals surface area contributed by atoms with Crippen LogP contribution in [0.2, 0.25) is 0 Å². The lowest BCUT2D eigenvalue weighted by molar-refractivity contribution is -0.127. The van der Waals surface area contributed by atoms with E-state index in [-0.39, 0.29) is 24.0 Å². The lowest BCUT2D eigenvalue weighted by Gasteiger charge is -2.15. The maximum absolute atomic E-state index is 11.4. The second-order valence-corrected chi connectivity index (χ2v) is 4.88. The Morgan fingerprint density at radius 2 is 2.10 bits per heavy atom. The number of guanidine groups is 1. The summed E-state index contributed by atoms with van der Waals surface area (Å²) in [5, 5.41) is 6.55. The normalized spacial score (nSPS) is 15.2. The molecule has 0 aliphatic carbocycles. The number of amides is 1. The second-order valence-electron chi connectivity index (χ2n) is 4.88. The van der Waals surface area contributed by atoms with Crippen molar-refractivity contribution < 1.29 is 4.79 Å². The number of carbonyl (C=O) groups is 1. The maximum atomic E-state index is 11.4. The highest BCUT2D eigenvalue weighted by atomic mass is 127. The van der Waals surface area contributed by atoms with E-state index in [1.807, 2.05) is 4.90 Å². The summed E-state index contributed by atoms with van der Waals surface area (Å²) in [5.74, 6) is 1.20. The summed E-state index contributed by atoms with van der Waals surface area (Å²) in [5.41, 5.74) is 0. The molecule has 0 aromatic rings. The van der Waals surface area contributed by atoms with E-state index in [4.69, 9.17) is 0 Å². The molecule has 0 spiro atoms. The van der Waals surface area contributed by atoms with E-state index in [0.29, 0.717) is 5.91 Å². The van der Waals surface area contributed by atoms with E-state index < -0.39 is 0 Å². The van der Waals surface area contributed by atoms with Gasteiger partial charge in [-0.2, -0.15) is 0 Å². The van der Waals surface area contributed by atoms with Crippen LogP contribution in [0.5, 0.6) is 0 Å². The molecule has 0 radical (unpaired) electrons. The average Bonchev–Trinajstić information content (AvgIpc) is 2.80. The number of nitrogens with one attached hydrogen (secondary N) is 2. The van der Waals surface area contributed by atoms with Gasteiger partial charge in [-0.3, -0.25) is 9.79 Å². The summed E-state index contributed by atoms with van der Waals surface area (Å²) in [6, 6.07) is 0. The van der Waals surface area contributed by atoms with Gasteiger partial charge in [0, 0.05) is 39.1 Å².